The van der Waals surface area contributed by atoms with Crippen molar-refractivity contribution in [3.63, 3.8) is 0 Å². The van der Waals surface area contributed by atoms with Crippen LogP contribution in [0.3, 0.4) is 0 Å². The van der Waals surface area contributed by atoms with Crippen LogP contribution < -0.4 is 5.32 Å². The predicted molar refractivity (Wildman–Crippen MR) is 79.6 cm³/mol. The molecule has 3 rings (SSSR count). The van der Waals surface area contributed by atoms with Gasteiger partial charge < -0.3 is 14.8 Å². The van der Waals surface area contributed by atoms with Crippen molar-refractivity contribution < 1.29 is 4.79 Å². The van der Waals surface area contributed by atoms with Crippen LogP contribution in [0.25, 0.3) is 0 Å². The van der Waals surface area contributed by atoms with Crippen molar-refractivity contribution in [2.45, 2.75) is 51.6 Å². The number of nitrogens with zero attached hydrogens (tertiary/aromatic N) is 2. The van der Waals surface area contributed by atoms with Gasteiger partial charge >= 0.3 is 0 Å². The van der Waals surface area contributed by atoms with Gasteiger partial charge in [0, 0.05) is 31.5 Å². The fraction of sp³-hybridized carbons (Fsp3) is 0.688. The van der Waals surface area contributed by atoms with Crippen molar-refractivity contribution in [3.05, 3.63) is 23.5 Å². The maximum Gasteiger partial charge on any atom is 0.242 e. The molecule has 0 radical (unpaired) electrons. The summed E-state index contributed by atoms with van der Waals surface area (Å²) < 4.78 is 2.10. The standard InChI is InChI=1S/C16H25N3O/c1-2-17-15-7-5-6-13-10-18(11-14(13)15)12-16(20)19-8-3-4-9-19/h10-11,15,17H,2-9,12H2,1H3. The van der Waals surface area contributed by atoms with Crippen LogP contribution in [-0.2, 0) is 17.8 Å². The molecule has 1 amide bonds. The van der Waals surface area contributed by atoms with Crippen LogP contribution >= 0.6 is 0 Å². The summed E-state index contributed by atoms with van der Waals surface area (Å²) in [6, 6.07) is 0.479. The third-order valence-corrected chi connectivity index (χ3v) is 4.54. The van der Waals surface area contributed by atoms with E-state index in [-0.39, 0.29) is 5.91 Å². The number of hydrogen-bond donors (Lipinski definition) is 1. The molecule has 1 unspecified atom stereocenters. The molecule has 20 heavy (non-hydrogen) atoms. The van der Waals surface area contributed by atoms with Gasteiger partial charge in [-0.05, 0) is 49.8 Å². The summed E-state index contributed by atoms with van der Waals surface area (Å²) >= 11 is 0. The summed E-state index contributed by atoms with van der Waals surface area (Å²) in [7, 11) is 0. The van der Waals surface area contributed by atoms with Gasteiger partial charge in [-0.15, -0.1) is 0 Å². The van der Waals surface area contributed by atoms with E-state index in [1.165, 1.54) is 24.0 Å². The molecule has 4 heteroatoms. The second-order valence-electron chi connectivity index (χ2n) is 6.00. The Labute approximate surface area is 121 Å². The molecule has 0 bridgehead atoms. The van der Waals surface area contributed by atoms with Gasteiger partial charge in [0.05, 0.1) is 0 Å². The molecule has 4 nitrogen and oxygen atoms in total. The lowest BCUT2D eigenvalue weighted by atomic mass is 9.91. The van der Waals surface area contributed by atoms with E-state index in [9.17, 15) is 4.79 Å². The summed E-state index contributed by atoms with van der Waals surface area (Å²) in [5.41, 5.74) is 2.84. The highest BCUT2D eigenvalue weighted by molar-refractivity contribution is 5.76. The lowest BCUT2D eigenvalue weighted by Crippen LogP contribution is -2.30. The highest BCUT2D eigenvalue weighted by atomic mass is 16.2. The number of aromatic nitrogens is 1. The molecule has 1 aromatic rings. The van der Waals surface area contributed by atoms with Gasteiger partial charge in [0.25, 0.3) is 0 Å². The van der Waals surface area contributed by atoms with Gasteiger partial charge in [-0.2, -0.15) is 0 Å². The normalized spacial score (nSPS) is 22.1. The van der Waals surface area contributed by atoms with Crippen molar-refractivity contribution in [1.29, 1.82) is 0 Å². The zero-order valence-corrected chi connectivity index (χ0v) is 12.4. The molecule has 1 aliphatic carbocycles. The van der Waals surface area contributed by atoms with Gasteiger partial charge in [-0.3, -0.25) is 4.79 Å². The second-order valence-corrected chi connectivity index (χ2v) is 6.00. The fourth-order valence-corrected chi connectivity index (χ4v) is 3.52. The van der Waals surface area contributed by atoms with Crippen LogP contribution in [0.2, 0.25) is 0 Å². The second kappa shape index (κ2) is 6.00. The number of fused-ring (bicyclic) bond motifs is 1. The Kier molecular flexibility index (Phi) is 4.10. The zero-order valence-electron chi connectivity index (χ0n) is 12.4. The van der Waals surface area contributed by atoms with Gasteiger partial charge in [0.2, 0.25) is 5.91 Å². The maximum atomic E-state index is 12.2. The quantitative estimate of drug-likeness (QED) is 0.913. The molecule has 1 atom stereocenters. The Morgan fingerprint density at radius 3 is 2.85 bits per heavy atom. The van der Waals surface area contributed by atoms with Crippen molar-refractivity contribution in [2.24, 2.45) is 0 Å². The number of amides is 1. The van der Waals surface area contributed by atoms with Gasteiger partial charge in [0.1, 0.15) is 6.54 Å². The Morgan fingerprint density at radius 2 is 2.10 bits per heavy atom. The Morgan fingerprint density at radius 1 is 1.30 bits per heavy atom. The van der Waals surface area contributed by atoms with Crippen molar-refractivity contribution >= 4 is 5.91 Å². The van der Waals surface area contributed by atoms with E-state index in [1.807, 2.05) is 4.90 Å². The summed E-state index contributed by atoms with van der Waals surface area (Å²) in [5, 5.41) is 3.55. The van der Waals surface area contributed by atoms with Gasteiger partial charge in [-0.25, -0.2) is 0 Å². The molecule has 1 fully saturated rings. The first-order chi connectivity index (χ1) is 9.78. The van der Waals surface area contributed by atoms with Crippen molar-refractivity contribution in [1.82, 2.24) is 14.8 Å². The van der Waals surface area contributed by atoms with Gasteiger partial charge in [0.15, 0.2) is 0 Å². The lowest BCUT2D eigenvalue weighted by Gasteiger charge is -2.22. The van der Waals surface area contributed by atoms with Crippen LogP contribution in [0.4, 0.5) is 0 Å². The first-order valence-electron chi connectivity index (χ1n) is 7.97. The molecule has 1 N–H and O–H groups in total. The summed E-state index contributed by atoms with van der Waals surface area (Å²) in [6.45, 7) is 5.55. The molecule has 0 spiro atoms. The molecule has 0 aromatic carbocycles. The number of likely N-dealkylation sites (tertiary alicyclic amines) is 1. The first-order valence-corrected chi connectivity index (χ1v) is 7.97. The monoisotopic (exact) mass is 275 g/mol. The molecule has 1 aromatic heterocycles. The molecule has 0 saturated carbocycles. The fourth-order valence-electron chi connectivity index (χ4n) is 3.52. The highest BCUT2D eigenvalue weighted by Crippen LogP contribution is 2.30. The molecule has 2 heterocycles. The van der Waals surface area contributed by atoms with E-state index < -0.39 is 0 Å². The summed E-state index contributed by atoms with van der Waals surface area (Å²) in [5.74, 6) is 0.273. The predicted octanol–water partition coefficient (Wildman–Crippen LogP) is 2.10. The van der Waals surface area contributed by atoms with E-state index in [0.717, 1.165) is 38.9 Å². The Bertz CT molecular complexity index is 474. The largest absolute Gasteiger partial charge is 0.344 e. The number of nitrogens with one attached hydrogen (secondary N) is 1. The molecular weight excluding hydrogens is 250 g/mol. The van der Waals surface area contributed by atoms with Crippen LogP contribution in [-0.4, -0.2) is 35.0 Å². The van der Waals surface area contributed by atoms with Crippen molar-refractivity contribution in [3.8, 4) is 0 Å². The number of aryl methyl sites for hydroxylation is 1. The Balaban J connectivity index is 1.70. The number of hydrogen-bond acceptors (Lipinski definition) is 2. The highest BCUT2D eigenvalue weighted by Gasteiger charge is 2.23. The molecule has 1 aliphatic heterocycles. The molecule has 2 aliphatic rings. The maximum absolute atomic E-state index is 12.2. The van der Waals surface area contributed by atoms with Crippen LogP contribution in [0.15, 0.2) is 12.4 Å². The minimum atomic E-state index is 0.273. The van der Waals surface area contributed by atoms with Crippen LogP contribution in [0.1, 0.15) is 49.8 Å². The molecule has 110 valence electrons. The zero-order chi connectivity index (χ0) is 13.9. The SMILES string of the molecule is CCNC1CCCc2cn(CC(=O)N3CCCC3)cc21. The molecular formula is C16H25N3O. The van der Waals surface area contributed by atoms with Gasteiger partial charge in [-0.1, -0.05) is 6.92 Å². The minimum absolute atomic E-state index is 0.273. The average molecular weight is 275 g/mol. The van der Waals surface area contributed by atoms with E-state index in [2.05, 4.69) is 29.2 Å². The first kappa shape index (κ1) is 13.7. The number of carbonyl (C=O) groups is 1. The number of rotatable bonds is 4. The number of carbonyl (C=O) groups excluding carboxylic acids is 1. The van der Waals surface area contributed by atoms with E-state index in [0.29, 0.717) is 12.6 Å². The third kappa shape index (κ3) is 2.75. The van der Waals surface area contributed by atoms with E-state index in [4.69, 9.17) is 0 Å². The smallest absolute Gasteiger partial charge is 0.242 e. The lowest BCUT2D eigenvalue weighted by molar-refractivity contribution is -0.130. The Hall–Kier alpha value is -1.29. The van der Waals surface area contributed by atoms with Crippen LogP contribution in [0, 0.1) is 0 Å². The molecule has 1 saturated heterocycles. The van der Waals surface area contributed by atoms with Crippen LogP contribution in [0.5, 0.6) is 0 Å². The summed E-state index contributed by atoms with van der Waals surface area (Å²) in [6.07, 6.45) is 10.3. The van der Waals surface area contributed by atoms with Crippen molar-refractivity contribution in [2.75, 3.05) is 19.6 Å². The topological polar surface area (TPSA) is 37.3 Å². The average Bonchev–Trinajstić information content (AvgIpc) is 3.07. The third-order valence-electron chi connectivity index (χ3n) is 4.54. The van der Waals surface area contributed by atoms with E-state index >= 15 is 0 Å². The minimum Gasteiger partial charge on any atom is -0.344 e. The van der Waals surface area contributed by atoms with E-state index in [1.54, 1.807) is 0 Å². The summed E-state index contributed by atoms with van der Waals surface area (Å²) in [4.78, 5) is 14.2.